The highest BCUT2D eigenvalue weighted by Crippen LogP contribution is 2.48. The SMILES string of the molecule is c1ccc(C2=NC(c3ccccc3)NC(c3ccc(-n4c5ccccc5c5c6sc7c8ccccc8c8ccccc8c7c6ccc54)cc3)=N2)cc1. The molecule has 2 aromatic heterocycles. The predicted molar refractivity (Wildman–Crippen MR) is 221 cm³/mol. The molecular formula is C47H30N4S. The average molecular weight is 683 g/mol. The van der Waals surface area contributed by atoms with Gasteiger partial charge in [0.15, 0.2) is 5.84 Å². The van der Waals surface area contributed by atoms with E-state index in [9.17, 15) is 0 Å². The van der Waals surface area contributed by atoms with E-state index in [4.69, 9.17) is 9.98 Å². The molecule has 1 aliphatic heterocycles. The van der Waals surface area contributed by atoms with Gasteiger partial charge in [0.05, 0.1) is 11.0 Å². The van der Waals surface area contributed by atoms with Crippen LogP contribution in [-0.2, 0) is 0 Å². The summed E-state index contributed by atoms with van der Waals surface area (Å²) in [6, 6.07) is 60.6. The molecule has 52 heavy (non-hydrogen) atoms. The van der Waals surface area contributed by atoms with Crippen molar-refractivity contribution < 1.29 is 0 Å². The van der Waals surface area contributed by atoms with Gasteiger partial charge in [-0.1, -0.05) is 133 Å². The number of hydrogen-bond acceptors (Lipinski definition) is 4. The highest BCUT2D eigenvalue weighted by molar-refractivity contribution is 7.28. The van der Waals surface area contributed by atoms with Gasteiger partial charge in [-0.05, 0) is 58.1 Å². The van der Waals surface area contributed by atoms with E-state index in [-0.39, 0.29) is 6.17 Å². The van der Waals surface area contributed by atoms with E-state index in [0.717, 1.165) is 34.0 Å². The molecule has 11 rings (SSSR count). The number of fused-ring (bicyclic) bond motifs is 12. The Morgan fingerprint density at radius 3 is 1.85 bits per heavy atom. The lowest BCUT2D eigenvalue weighted by Crippen LogP contribution is -2.33. The molecule has 4 nitrogen and oxygen atoms in total. The number of aromatic nitrogens is 1. The first-order valence-electron chi connectivity index (χ1n) is 17.6. The third kappa shape index (κ3) is 4.39. The minimum Gasteiger partial charge on any atom is -0.344 e. The van der Waals surface area contributed by atoms with Crippen molar-refractivity contribution in [3.63, 3.8) is 0 Å². The van der Waals surface area contributed by atoms with Crippen LogP contribution >= 0.6 is 11.3 Å². The highest BCUT2D eigenvalue weighted by atomic mass is 32.1. The predicted octanol–water partition coefficient (Wildman–Crippen LogP) is 12.0. The molecule has 10 aromatic rings. The summed E-state index contributed by atoms with van der Waals surface area (Å²) in [5.74, 6) is 1.53. The Kier molecular flexibility index (Phi) is 6.45. The average Bonchev–Trinajstić information content (AvgIpc) is 3.78. The monoisotopic (exact) mass is 682 g/mol. The minimum absolute atomic E-state index is 0.237. The van der Waals surface area contributed by atoms with Gasteiger partial charge >= 0.3 is 0 Å². The molecule has 0 aliphatic carbocycles. The molecule has 1 aliphatic rings. The van der Waals surface area contributed by atoms with Crippen molar-refractivity contribution in [2.45, 2.75) is 6.17 Å². The number of amidine groups is 2. The smallest absolute Gasteiger partial charge is 0.159 e. The molecule has 0 amide bonds. The molecule has 8 aromatic carbocycles. The van der Waals surface area contributed by atoms with Crippen molar-refractivity contribution in [3.05, 3.63) is 187 Å². The lowest BCUT2D eigenvalue weighted by atomic mass is 9.97. The lowest BCUT2D eigenvalue weighted by molar-refractivity contribution is 0.674. The summed E-state index contributed by atoms with van der Waals surface area (Å²) in [5.41, 5.74) is 6.62. The molecule has 0 fully saturated rings. The zero-order valence-corrected chi connectivity index (χ0v) is 28.8. The van der Waals surface area contributed by atoms with Crippen LogP contribution in [0.2, 0.25) is 0 Å². The Labute approximate surface area is 303 Å². The highest BCUT2D eigenvalue weighted by Gasteiger charge is 2.23. The van der Waals surface area contributed by atoms with Gasteiger partial charge in [-0.3, -0.25) is 0 Å². The molecule has 0 radical (unpaired) electrons. The van der Waals surface area contributed by atoms with E-state index in [1.54, 1.807) is 0 Å². The standard InChI is InChI=1S/C47H30N4S/c1-3-13-29(14-4-1)45-48-46(30-15-5-2-6-16-30)50-47(49-45)31-23-25-32(26-24-31)51-39-22-12-11-21-37(39)42-40(51)28-27-38-41-35-19-9-7-17-33(35)34-18-8-10-20-36(34)43(41)52-44(38)42/h1-28,45H,(H,48,49,50). The van der Waals surface area contributed by atoms with Crippen LogP contribution in [0, 0.1) is 0 Å². The molecule has 3 heterocycles. The Balaban J connectivity index is 1.08. The Morgan fingerprint density at radius 1 is 0.462 bits per heavy atom. The van der Waals surface area contributed by atoms with Crippen LogP contribution in [0.4, 0.5) is 0 Å². The van der Waals surface area contributed by atoms with Crippen LogP contribution in [0.1, 0.15) is 22.9 Å². The van der Waals surface area contributed by atoms with Gasteiger partial charge in [0.25, 0.3) is 0 Å². The van der Waals surface area contributed by atoms with E-state index in [1.807, 2.05) is 35.6 Å². The summed E-state index contributed by atoms with van der Waals surface area (Å²) in [5, 5.41) is 14.1. The first kappa shape index (κ1) is 29.2. The summed E-state index contributed by atoms with van der Waals surface area (Å²) in [6.45, 7) is 0. The van der Waals surface area contributed by atoms with Crippen molar-refractivity contribution in [1.29, 1.82) is 0 Å². The van der Waals surface area contributed by atoms with Crippen molar-refractivity contribution in [1.82, 2.24) is 9.88 Å². The maximum atomic E-state index is 5.04. The quantitative estimate of drug-likeness (QED) is 0.184. The molecule has 1 N–H and O–H groups in total. The number of nitrogens with one attached hydrogen (secondary N) is 1. The number of benzene rings is 8. The van der Waals surface area contributed by atoms with Gasteiger partial charge < -0.3 is 9.88 Å². The fraction of sp³-hybridized carbons (Fsp3) is 0.0213. The first-order chi connectivity index (χ1) is 25.8. The van der Waals surface area contributed by atoms with Crippen LogP contribution in [0.25, 0.3) is 69.2 Å². The van der Waals surface area contributed by atoms with Crippen LogP contribution in [0.15, 0.2) is 180 Å². The number of rotatable bonds is 4. The Hall–Kier alpha value is -6.56. The molecule has 5 heteroatoms. The van der Waals surface area contributed by atoms with E-state index >= 15 is 0 Å². The summed E-state index contributed by atoms with van der Waals surface area (Å²) < 4.78 is 5.10. The molecule has 1 unspecified atom stereocenters. The zero-order chi connectivity index (χ0) is 34.2. The first-order valence-corrected chi connectivity index (χ1v) is 18.4. The molecule has 0 saturated heterocycles. The Bertz CT molecular complexity index is 3080. The second-order valence-corrected chi connectivity index (χ2v) is 14.4. The van der Waals surface area contributed by atoms with Crippen LogP contribution in [0.3, 0.4) is 0 Å². The van der Waals surface area contributed by atoms with Crippen LogP contribution < -0.4 is 5.32 Å². The summed E-state index contributed by atoms with van der Waals surface area (Å²) in [6.07, 6.45) is -0.237. The second kappa shape index (κ2) is 11.5. The van der Waals surface area contributed by atoms with E-state index in [2.05, 4.69) is 155 Å². The maximum Gasteiger partial charge on any atom is 0.159 e. The normalized spacial score (nSPS) is 14.7. The molecule has 1 atom stereocenters. The third-order valence-corrected chi connectivity index (χ3v) is 11.7. The molecule has 0 spiro atoms. The molecule has 0 bridgehead atoms. The number of thiophene rings is 1. The van der Waals surface area contributed by atoms with E-state index in [0.29, 0.717) is 0 Å². The van der Waals surface area contributed by atoms with Crippen molar-refractivity contribution >= 4 is 86.5 Å². The third-order valence-electron chi connectivity index (χ3n) is 10.4. The van der Waals surface area contributed by atoms with Crippen LogP contribution in [0.5, 0.6) is 0 Å². The van der Waals surface area contributed by atoms with Gasteiger partial charge in [-0.15, -0.1) is 11.3 Å². The van der Waals surface area contributed by atoms with Gasteiger partial charge in [0.1, 0.15) is 12.0 Å². The van der Waals surface area contributed by atoms with Crippen molar-refractivity contribution in [2.75, 3.05) is 0 Å². The fourth-order valence-electron chi connectivity index (χ4n) is 8.08. The van der Waals surface area contributed by atoms with Gasteiger partial charge in [-0.25, -0.2) is 9.98 Å². The summed E-state index contributed by atoms with van der Waals surface area (Å²) in [7, 11) is 0. The van der Waals surface area contributed by atoms with Gasteiger partial charge in [-0.2, -0.15) is 0 Å². The molecule has 0 saturated carbocycles. The molecular weight excluding hydrogens is 653 g/mol. The maximum absolute atomic E-state index is 5.04. The van der Waals surface area contributed by atoms with Crippen LogP contribution in [-0.4, -0.2) is 16.2 Å². The zero-order valence-electron chi connectivity index (χ0n) is 28.0. The topological polar surface area (TPSA) is 41.7 Å². The van der Waals surface area contributed by atoms with Gasteiger partial charge in [0, 0.05) is 53.1 Å². The number of aliphatic imine (C=N–C) groups is 2. The molecule has 244 valence electrons. The summed E-state index contributed by atoms with van der Waals surface area (Å²) in [4.78, 5) is 10.1. The summed E-state index contributed by atoms with van der Waals surface area (Å²) >= 11 is 1.93. The Morgan fingerprint density at radius 2 is 1.08 bits per heavy atom. The largest absolute Gasteiger partial charge is 0.344 e. The van der Waals surface area contributed by atoms with E-state index < -0.39 is 0 Å². The van der Waals surface area contributed by atoms with Crippen molar-refractivity contribution in [2.24, 2.45) is 9.98 Å². The van der Waals surface area contributed by atoms with Gasteiger partial charge in [0.2, 0.25) is 0 Å². The second-order valence-electron chi connectivity index (χ2n) is 13.4. The van der Waals surface area contributed by atoms with Crippen molar-refractivity contribution in [3.8, 4) is 5.69 Å². The van der Waals surface area contributed by atoms with E-state index in [1.165, 1.54) is 63.5 Å². The number of hydrogen-bond donors (Lipinski definition) is 1. The fourth-order valence-corrected chi connectivity index (χ4v) is 9.49. The number of para-hydroxylation sites is 1. The number of nitrogens with zero attached hydrogens (tertiary/aromatic N) is 3. The lowest BCUT2D eigenvalue weighted by Gasteiger charge is -2.23. The minimum atomic E-state index is -0.237.